The summed E-state index contributed by atoms with van der Waals surface area (Å²) in [5, 5.41) is 0.502. The fraction of sp³-hybridized carbons (Fsp3) is 0.231. The Kier molecular flexibility index (Phi) is 5.26. The van der Waals surface area contributed by atoms with Crippen molar-refractivity contribution >= 4 is 40.9 Å². The SMILES string of the molecule is CC1(C)CN(C(=O)c2ccc(F)cc2)C2(S1)C(=O)N(Cc1ccccc1)c1ccc(Cl)cc12. The highest BCUT2D eigenvalue weighted by Crippen LogP contribution is 2.60. The van der Waals surface area contributed by atoms with Gasteiger partial charge in [-0.05, 0) is 61.9 Å². The van der Waals surface area contributed by atoms with Gasteiger partial charge >= 0.3 is 0 Å². The summed E-state index contributed by atoms with van der Waals surface area (Å²) in [6, 6.07) is 20.6. The first-order chi connectivity index (χ1) is 15.7. The van der Waals surface area contributed by atoms with E-state index < -0.39 is 10.7 Å². The lowest BCUT2D eigenvalue weighted by molar-refractivity contribution is -0.123. The van der Waals surface area contributed by atoms with Gasteiger partial charge in [0.15, 0.2) is 4.87 Å². The Morgan fingerprint density at radius 1 is 1.06 bits per heavy atom. The molecule has 2 amide bonds. The average molecular weight is 481 g/mol. The number of fused-ring (bicyclic) bond motifs is 2. The Labute approximate surface area is 201 Å². The standard InChI is InChI=1S/C26H22ClFN2O2S/c1-25(2)16-30(23(31)18-8-11-20(28)12-9-18)26(33-25)21-14-19(27)10-13-22(21)29(24(26)32)15-17-6-4-3-5-7-17/h3-14H,15-16H2,1-2H3. The molecule has 5 rings (SSSR count). The summed E-state index contributed by atoms with van der Waals surface area (Å²) in [5.41, 5.74) is 2.78. The van der Waals surface area contributed by atoms with E-state index in [0.29, 0.717) is 29.2 Å². The topological polar surface area (TPSA) is 40.6 Å². The van der Waals surface area contributed by atoms with Crippen LogP contribution in [0.3, 0.4) is 0 Å². The first-order valence-electron chi connectivity index (χ1n) is 10.6. The number of benzene rings is 3. The van der Waals surface area contributed by atoms with Crippen LogP contribution in [0.5, 0.6) is 0 Å². The van der Waals surface area contributed by atoms with Gasteiger partial charge in [0.25, 0.3) is 11.8 Å². The number of nitrogens with zero attached hydrogens (tertiary/aromatic N) is 2. The molecule has 0 aromatic heterocycles. The Morgan fingerprint density at radius 3 is 2.45 bits per heavy atom. The molecule has 1 atom stereocenters. The summed E-state index contributed by atoms with van der Waals surface area (Å²) in [6.45, 7) is 4.80. The van der Waals surface area contributed by atoms with Gasteiger partial charge in [-0.2, -0.15) is 0 Å². The summed E-state index contributed by atoms with van der Waals surface area (Å²) < 4.78 is 13.1. The Morgan fingerprint density at radius 2 is 1.76 bits per heavy atom. The summed E-state index contributed by atoms with van der Waals surface area (Å²) in [6.07, 6.45) is 0. The number of hydrogen-bond acceptors (Lipinski definition) is 3. The van der Waals surface area contributed by atoms with Crippen LogP contribution in [0, 0.1) is 5.82 Å². The average Bonchev–Trinajstić information content (AvgIpc) is 3.20. The lowest BCUT2D eigenvalue weighted by Crippen LogP contribution is -2.50. The van der Waals surface area contributed by atoms with Crippen molar-refractivity contribution in [2.75, 3.05) is 11.4 Å². The van der Waals surface area contributed by atoms with E-state index in [0.717, 1.165) is 11.3 Å². The molecule has 2 aliphatic heterocycles. The second kappa shape index (κ2) is 7.89. The molecule has 1 fully saturated rings. The molecule has 1 unspecified atom stereocenters. The van der Waals surface area contributed by atoms with E-state index in [-0.39, 0.29) is 16.6 Å². The van der Waals surface area contributed by atoms with Crippen LogP contribution in [0.2, 0.25) is 5.02 Å². The maximum atomic E-state index is 14.2. The highest BCUT2D eigenvalue weighted by atomic mass is 35.5. The number of carbonyl (C=O) groups is 2. The first kappa shape index (κ1) is 22.0. The van der Waals surface area contributed by atoms with Crippen LogP contribution >= 0.6 is 23.4 Å². The number of hydrogen-bond donors (Lipinski definition) is 0. The number of thioether (sulfide) groups is 1. The Balaban J connectivity index is 1.65. The Bertz CT molecular complexity index is 1250. The largest absolute Gasteiger partial charge is 0.310 e. The maximum Gasteiger partial charge on any atom is 0.268 e. The molecule has 1 spiro atoms. The van der Waals surface area contributed by atoms with Gasteiger partial charge < -0.3 is 9.80 Å². The van der Waals surface area contributed by atoms with Crippen molar-refractivity contribution in [1.82, 2.24) is 4.90 Å². The van der Waals surface area contributed by atoms with Gasteiger partial charge in [-0.1, -0.05) is 41.9 Å². The van der Waals surface area contributed by atoms with Crippen LogP contribution in [-0.2, 0) is 16.2 Å². The van der Waals surface area contributed by atoms with Crippen LogP contribution in [0.15, 0.2) is 72.8 Å². The van der Waals surface area contributed by atoms with E-state index in [1.165, 1.54) is 36.0 Å². The highest BCUT2D eigenvalue weighted by Gasteiger charge is 2.63. The zero-order valence-electron chi connectivity index (χ0n) is 18.2. The van der Waals surface area contributed by atoms with Gasteiger partial charge in [-0.3, -0.25) is 9.59 Å². The van der Waals surface area contributed by atoms with E-state index in [1.54, 1.807) is 21.9 Å². The molecule has 7 heteroatoms. The van der Waals surface area contributed by atoms with Gasteiger partial charge in [-0.25, -0.2) is 4.39 Å². The quantitative estimate of drug-likeness (QED) is 0.472. The van der Waals surface area contributed by atoms with Crippen molar-refractivity contribution in [3.05, 3.63) is 100 Å². The number of halogens is 2. The van der Waals surface area contributed by atoms with Crippen LogP contribution in [0.4, 0.5) is 10.1 Å². The normalized spacial score (nSPS) is 21.0. The predicted octanol–water partition coefficient (Wildman–Crippen LogP) is 5.85. The molecule has 2 heterocycles. The van der Waals surface area contributed by atoms with Crippen molar-refractivity contribution in [3.63, 3.8) is 0 Å². The van der Waals surface area contributed by atoms with Crippen LogP contribution < -0.4 is 4.90 Å². The second-order valence-corrected chi connectivity index (χ2v) is 11.3. The lowest BCUT2D eigenvalue weighted by atomic mass is 10.0. The third kappa shape index (κ3) is 3.62. The minimum Gasteiger partial charge on any atom is -0.310 e. The fourth-order valence-electron chi connectivity index (χ4n) is 4.65. The molecule has 0 aliphatic carbocycles. The molecule has 2 aliphatic rings. The molecular weight excluding hydrogens is 459 g/mol. The van der Waals surface area contributed by atoms with Crippen molar-refractivity contribution < 1.29 is 14.0 Å². The van der Waals surface area contributed by atoms with E-state index in [4.69, 9.17) is 11.6 Å². The molecule has 0 bridgehead atoms. The molecular formula is C26H22ClFN2O2S. The fourth-order valence-corrected chi connectivity index (χ4v) is 6.54. The van der Waals surface area contributed by atoms with Gasteiger partial charge in [0.2, 0.25) is 0 Å². The number of rotatable bonds is 3. The van der Waals surface area contributed by atoms with E-state index in [2.05, 4.69) is 0 Å². The van der Waals surface area contributed by atoms with Gasteiger partial charge in [0.05, 0.1) is 12.2 Å². The first-order valence-corrected chi connectivity index (χ1v) is 11.8. The monoisotopic (exact) mass is 480 g/mol. The molecule has 0 radical (unpaired) electrons. The van der Waals surface area contributed by atoms with E-state index >= 15 is 0 Å². The zero-order valence-corrected chi connectivity index (χ0v) is 19.8. The van der Waals surface area contributed by atoms with Crippen LogP contribution in [0.1, 0.15) is 35.3 Å². The van der Waals surface area contributed by atoms with Gasteiger partial charge in [-0.15, -0.1) is 11.8 Å². The number of amides is 2. The third-order valence-electron chi connectivity index (χ3n) is 6.01. The van der Waals surface area contributed by atoms with Crippen molar-refractivity contribution in [1.29, 1.82) is 0 Å². The predicted molar refractivity (Wildman–Crippen MR) is 130 cm³/mol. The van der Waals surface area contributed by atoms with Crippen LogP contribution in [0.25, 0.3) is 0 Å². The molecule has 3 aromatic carbocycles. The maximum absolute atomic E-state index is 14.2. The summed E-state index contributed by atoms with van der Waals surface area (Å²) >= 11 is 7.86. The molecule has 1 saturated heterocycles. The minimum atomic E-state index is -1.25. The lowest BCUT2D eigenvalue weighted by Gasteiger charge is -2.33. The van der Waals surface area contributed by atoms with E-state index in [1.807, 2.05) is 50.2 Å². The smallest absolute Gasteiger partial charge is 0.268 e. The summed E-state index contributed by atoms with van der Waals surface area (Å²) in [7, 11) is 0. The third-order valence-corrected chi connectivity index (χ3v) is 7.84. The van der Waals surface area contributed by atoms with E-state index in [9.17, 15) is 14.0 Å². The molecule has 168 valence electrons. The Hall–Kier alpha value is -2.83. The highest BCUT2D eigenvalue weighted by molar-refractivity contribution is 8.02. The molecule has 3 aromatic rings. The van der Waals surface area contributed by atoms with Gasteiger partial charge in [0.1, 0.15) is 5.82 Å². The minimum absolute atomic E-state index is 0.172. The van der Waals surface area contributed by atoms with Crippen molar-refractivity contribution in [3.8, 4) is 0 Å². The zero-order chi connectivity index (χ0) is 23.4. The molecule has 0 N–H and O–H groups in total. The second-order valence-electron chi connectivity index (χ2n) is 8.94. The summed E-state index contributed by atoms with van der Waals surface area (Å²) in [4.78, 5) is 30.0. The van der Waals surface area contributed by atoms with Crippen molar-refractivity contribution in [2.45, 2.75) is 30.0 Å². The number of anilines is 1. The van der Waals surface area contributed by atoms with Crippen molar-refractivity contribution in [2.24, 2.45) is 0 Å². The molecule has 0 saturated carbocycles. The van der Waals surface area contributed by atoms with Gasteiger partial charge in [0, 0.05) is 27.4 Å². The number of carbonyl (C=O) groups excluding carboxylic acids is 2. The van der Waals surface area contributed by atoms with Crippen LogP contribution in [-0.4, -0.2) is 28.0 Å². The molecule has 33 heavy (non-hydrogen) atoms. The molecule has 4 nitrogen and oxygen atoms in total. The summed E-state index contributed by atoms with van der Waals surface area (Å²) in [5.74, 6) is -0.899.